The van der Waals surface area contributed by atoms with Crippen LogP contribution in [0.25, 0.3) is 31.8 Å². The third kappa shape index (κ3) is 2.97. The molecule has 1 saturated heterocycles. The Hall–Kier alpha value is -2.74. The molecule has 0 spiro atoms. The second-order valence-corrected chi connectivity index (χ2v) is 7.82. The van der Waals surface area contributed by atoms with Crippen molar-refractivity contribution in [3.05, 3.63) is 58.4 Å². The Kier molecular flexibility index (Phi) is 4.35. The molecule has 0 saturated carbocycles. The molecule has 0 atom stereocenters. The van der Waals surface area contributed by atoms with Gasteiger partial charge < -0.3 is 14.3 Å². The van der Waals surface area contributed by atoms with Gasteiger partial charge in [0.1, 0.15) is 22.6 Å². The second kappa shape index (κ2) is 7.01. The van der Waals surface area contributed by atoms with E-state index in [0.29, 0.717) is 46.9 Å². The lowest BCUT2D eigenvalue weighted by atomic mass is 10.1. The topological polar surface area (TPSA) is 75.8 Å². The van der Waals surface area contributed by atoms with Crippen molar-refractivity contribution in [1.82, 2.24) is 9.88 Å². The molecular formula is C21H18N2O4S. The van der Waals surface area contributed by atoms with Gasteiger partial charge in [0.2, 0.25) is 5.43 Å². The number of phenolic OH excluding ortho intramolecular Hbond substituents is 1. The summed E-state index contributed by atoms with van der Waals surface area (Å²) in [5, 5.41) is 11.5. The van der Waals surface area contributed by atoms with E-state index in [1.54, 1.807) is 12.1 Å². The summed E-state index contributed by atoms with van der Waals surface area (Å²) >= 11 is 1.47. The fourth-order valence-electron chi connectivity index (χ4n) is 3.52. The van der Waals surface area contributed by atoms with Gasteiger partial charge in [-0.2, -0.15) is 0 Å². The average molecular weight is 394 g/mol. The number of morpholine rings is 1. The highest BCUT2D eigenvalue weighted by Crippen LogP contribution is 2.32. The van der Waals surface area contributed by atoms with Crippen molar-refractivity contribution in [2.45, 2.75) is 6.54 Å². The number of hydrogen-bond acceptors (Lipinski definition) is 7. The van der Waals surface area contributed by atoms with Crippen LogP contribution in [0.1, 0.15) is 5.56 Å². The number of para-hydroxylation sites is 1. The molecule has 28 heavy (non-hydrogen) atoms. The summed E-state index contributed by atoms with van der Waals surface area (Å²) < 4.78 is 12.3. The first-order valence-corrected chi connectivity index (χ1v) is 9.95. The SMILES string of the molecule is O=c1c(-c2nc3ccccc3s2)coc2c(CN3CCOCC3)c(O)ccc12. The van der Waals surface area contributed by atoms with Crippen LogP contribution in [-0.4, -0.2) is 41.3 Å². The van der Waals surface area contributed by atoms with Crippen LogP contribution < -0.4 is 5.43 Å². The first kappa shape index (κ1) is 17.4. The Morgan fingerprint density at radius 1 is 1.14 bits per heavy atom. The maximum absolute atomic E-state index is 13.2. The van der Waals surface area contributed by atoms with Gasteiger partial charge in [-0.1, -0.05) is 12.1 Å². The second-order valence-electron chi connectivity index (χ2n) is 6.79. The minimum Gasteiger partial charge on any atom is -0.507 e. The quantitative estimate of drug-likeness (QED) is 0.572. The number of benzene rings is 2. The lowest BCUT2D eigenvalue weighted by Gasteiger charge is -2.26. The zero-order valence-corrected chi connectivity index (χ0v) is 15.9. The van der Waals surface area contributed by atoms with Crippen LogP contribution in [0.4, 0.5) is 0 Å². The largest absolute Gasteiger partial charge is 0.507 e. The van der Waals surface area contributed by atoms with Gasteiger partial charge in [-0.15, -0.1) is 11.3 Å². The van der Waals surface area contributed by atoms with E-state index >= 15 is 0 Å². The molecule has 6 nitrogen and oxygen atoms in total. The molecule has 142 valence electrons. The van der Waals surface area contributed by atoms with Gasteiger partial charge in [0.15, 0.2) is 0 Å². The highest BCUT2D eigenvalue weighted by atomic mass is 32.1. The molecule has 2 aromatic heterocycles. The Labute approximate surface area is 164 Å². The summed E-state index contributed by atoms with van der Waals surface area (Å²) in [4.78, 5) is 19.9. The van der Waals surface area contributed by atoms with Crippen molar-refractivity contribution in [1.29, 1.82) is 0 Å². The van der Waals surface area contributed by atoms with Gasteiger partial charge in [0.25, 0.3) is 0 Å². The maximum Gasteiger partial charge on any atom is 0.202 e. The van der Waals surface area contributed by atoms with E-state index in [9.17, 15) is 9.90 Å². The molecule has 5 rings (SSSR count). The number of aromatic hydroxyl groups is 1. The van der Waals surface area contributed by atoms with Crippen molar-refractivity contribution in [2.24, 2.45) is 0 Å². The van der Waals surface area contributed by atoms with Crippen LogP contribution in [0.2, 0.25) is 0 Å². The van der Waals surface area contributed by atoms with E-state index in [1.807, 2.05) is 24.3 Å². The third-order valence-electron chi connectivity index (χ3n) is 5.03. The molecule has 1 fully saturated rings. The first-order valence-electron chi connectivity index (χ1n) is 9.13. The normalized spacial score (nSPS) is 15.4. The molecule has 2 aromatic carbocycles. The number of phenols is 1. The molecule has 0 bridgehead atoms. The predicted molar refractivity (Wildman–Crippen MR) is 109 cm³/mol. The zero-order chi connectivity index (χ0) is 19.1. The monoisotopic (exact) mass is 394 g/mol. The van der Waals surface area contributed by atoms with Gasteiger partial charge in [-0.05, 0) is 24.3 Å². The minimum absolute atomic E-state index is 0.134. The van der Waals surface area contributed by atoms with Crippen molar-refractivity contribution in [3.63, 3.8) is 0 Å². The molecule has 1 aliphatic rings. The first-order chi connectivity index (χ1) is 13.7. The fraction of sp³-hybridized carbons (Fsp3) is 0.238. The summed E-state index contributed by atoms with van der Waals surface area (Å²) in [6, 6.07) is 11.0. The van der Waals surface area contributed by atoms with Crippen molar-refractivity contribution in [2.75, 3.05) is 26.3 Å². The molecule has 7 heteroatoms. The number of ether oxygens (including phenoxy) is 1. The standard InChI is InChI=1S/C21H18N2O4S/c24-17-6-5-13-19(25)15(21-22-16-3-1-2-4-18(16)28-21)12-27-20(13)14(17)11-23-7-9-26-10-8-23/h1-6,12,24H,7-11H2. The average Bonchev–Trinajstić information content (AvgIpc) is 3.15. The summed E-state index contributed by atoms with van der Waals surface area (Å²) in [6.07, 6.45) is 1.46. The van der Waals surface area contributed by atoms with Gasteiger partial charge >= 0.3 is 0 Å². The number of thiazole rings is 1. The van der Waals surface area contributed by atoms with E-state index in [4.69, 9.17) is 9.15 Å². The number of aromatic nitrogens is 1. The molecule has 3 heterocycles. The summed E-state index contributed by atoms with van der Waals surface area (Å²) in [6.45, 7) is 3.40. The van der Waals surface area contributed by atoms with Crippen LogP contribution in [0, 0.1) is 0 Å². The van der Waals surface area contributed by atoms with Gasteiger partial charge in [0.05, 0.1) is 39.9 Å². The smallest absolute Gasteiger partial charge is 0.202 e. The maximum atomic E-state index is 13.2. The highest BCUT2D eigenvalue weighted by molar-refractivity contribution is 7.21. The Balaban J connectivity index is 1.61. The molecule has 4 aromatic rings. The van der Waals surface area contributed by atoms with Crippen molar-refractivity contribution < 1.29 is 14.3 Å². The Bertz CT molecular complexity index is 1190. The molecule has 0 unspecified atom stereocenters. The van der Waals surface area contributed by atoms with Gasteiger partial charge in [-0.3, -0.25) is 9.69 Å². The lowest BCUT2D eigenvalue weighted by Crippen LogP contribution is -2.35. The summed E-state index contributed by atoms with van der Waals surface area (Å²) in [7, 11) is 0. The summed E-state index contributed by atoms with van der Waals surface area (Å²) in [5.41, 5.74) is 2.23. The van der Waals surface area contributed by atoms with E-state index in [2.05, 4.69) is 9.88 Å². The number of fused-ring (bicyclic) bond motifs is 2. The molecule has 0 radical (unpaired) electrons. The zero-order valence-electron chi connectivity index (χ0n) is 15.1. The predicted octanol–water partition coefficient (Wildman–Crippen LogP) is 3.61. The molecule has 0 aliphatic carbocycles. The van der Waals surface area contributed by atoms with Crippen LogP contribution in [-0.2, 0) is 11.3 Å². The van der Waals surface area contributed by atoms with Gasteiger partial charge in [0, 0.05) is 19.6 Å². The van der Waals surface area contributed by atoms with E-state index in [0.717, 1.165) is 23.3 Å². The summed E-state index contributed by atoms with van der Waals surface area (Å²) in [5.74, 6) is 0.134. The van der Waals surface area contributed by atoms with Crippen LogP contribution in [0.15, 0.2) is 51.9 Å². The van der Waals surface area contributed by atoms with E-state index < -0.39 is 0 Å². The molecule has 1 aliphatic heterocycles. The Morgan fingerprint density at radius 2 is 1.96 bits per heavy atom. The number of nitrogens with zero attached hydrogens (tertiary/aromatic N) is 2. The molecule has 1 N–H and O–H groups in total. The van der Waals surface area contributed by atoms with Crippen molar-refractivity contribution >= 4 is 32.5 Å². The lowest BCUT2D eigenvalue weighted by molar-refractivity contribution is 0.0339. The van der Waals surface area contributed by atoms with Crippen LogP contribution >= 0.6 is 11.3 Å². The number of rotatable bonds is 3. The Morgan fingerprint density at radius 3 is 2.79 bits per heavy atom. The number of hydrogen-bond donors (Lipinski definition) is 1. The molecule has 0 amide bonds. The van der Waals surface area contributed by atoms with E-state index in [1.165, 1.54) is 17.6 Å². The van der Waals surface area contributed by atoms with E-state index in [-0.39, 0.29) is 11.2 Å². The highest BCUT2D eigenvalue weighted by Gasteiger charge is 2.20. The van der Waals surface area contributed by atoms with Crippen LogP contribution in [0.3, 0.4) is 0 Å². The van der Waals surface area contributed by atoms with Crippen molar-refractivity contribution in [3.8, 4) is 16.3 Å². The minimum atomic E-state index is -0.136. The van der Waals surface area contributed by atoms with Gasteiger partial charge in [-0.25, -0.2) is 4.98 Å². The molecular weight excluding hydrogens is 376 g/mol. The third-order valence-corrected chi connectivity index (χ3v) is 6.10. The van der Waals surface area contributed by atoms with Crippen LogP contribution in [0.5, 0.6) is 5.75 Å². The fourth-order valence-corrected chi connectivity index (χ4v) is 4.49.